The van der Waals surface area contributed by atoms with Crippen LogP contribution in [-0.2, 0) is 16.9 Å². The van der Waals surface area contributed by atoms with Crippen molar-refractivity contribution in [2.45, 2.75) is 25.0 Å². The molecule has 0 saturated carbocycles. The van der Waals surface area contributed by atoms with Crippen molar-refractivity contribution < 1.29 is 14.7 Å². The summed E-state index contributed by atoms with van der Waals surface area (Å²) in [5, 5.41) is 17.4. The predicted molar refractivity (Wildman–Crippen MR) is 132 cm³/mol. The van der Waals surface area contributed by atoms with E-state index in [1.54, 1.807) is 4.90 Å². The van der Waals surface area contributed by atoms with E-state index in [0.29, 0.717) is 32.5 Å². The molecule has 0 spiro atoms. The summed E-state index contributed by atoms with van der Waals surface area (Å²) < 4.78 is 0. The number of carbonyl (C=O) groups excluding carboxylic acids is 2. The van der Waals surface area contributed by atoms with Gasteiger partial charge in [0.05, 0.1) is 6.54 Å². The van der Waals surface area contributed by atoms with Crippen molar-refractivity contribution in [2.75, 3.05) is 19.6 Å². The second-order valence-corrected chi connectivity index (χ2v) is 8.68. The average molecular weight is 458 g/mol. The maximum atomic E-state index is 12.7. The van der Waals surface area contributed by atoms with Gasteiger partial charge in [0.25, 0.3) is 0 Å². The van der Waals surface area contributed by atoms with Crippen molar-refractivity contribution in [2.24, 2.45) is 5.92 Å². The van der Waals surface area contributed by atoms with Gasteiger partial charge in [0.1, 0.15) is 5.60 Å². The SMILES string of the molecule is O=C(NCC(=O)N1CCC(C(O)(c2ccccc2)c2ccccc2)CC1)NCc1ccccc1. The Labute approximate surface area is 200 Å². The Morgan fingerprint density at radius 3 is 1.82 bits per heavy atom. The number of aliphatic hydroxyl groups is 1. The van der Waals surface area contributed by atoms with Crippen LogP contribution in [0, 0.1) is 5.92 Å². The van der Waals surface area contributed by atoms with Crippen LogP contribution in [0.2, 0.25) is 0 Å². The zero-order valence-electron chi connectivity index (χ0n) is 19.2. The fourth-order valence-corrected chi connectivity index (χ4v) is 4.68. The number of piperidine rings is 1. The Hall–Kier alpha value is -3.64. The number of likely N-dealkylation sites (tertiary alicyclic amines) is 1. The number of urea groups is 1. The summed E-state index contributed by atoms with van der Waals surface area (Å²) in [6.45, 7) is 1.44. The lowest BCUT2D eigenvalue weighted by molar-refractivity contribution is -0.132. The van der Waals surface area contributed by atoms with E-state index < -0.39 is 5.60 Å². The molecule has 1 fully saturated rings. The van der Waals surface area contributed by atoms with Gasteiger partial charge in [-0.3, -0.25) is 4.79 Å². The Bertz CT molecular complexity index is 1030. The zero-order chi connectivity index (χ0) is 23.8. The van der Waals surface area contributed by atoms with Gasteiger partial charge in [-0.2, -0.15) is 0 Å². The van der Waals surface area contributed by atoms with E-state index >= 15 is 0 Å². The van der Waals surface area contributed by atoms with E-state index in [-0.39, 0.29) is 24.4 Å². The number of hydrogen-bond acceptors (Lipinski definition) is 3. The fraction of sp³-hybridized carbons (Fsp3) is 0.286. The number of carbonyl (C=O) groups is 2. The van der Waals surface area contributed by atoms with Crippen LogP contribution in [0.1, 0.15) is 29.5 Å². The lowest BCUT2D eigenvalue weighted by Gasteiger charge is -2.42. The molecule has 1 aliphatic rings. The number of nitrogens with one attached hydrogen (secondary N) is 2. The molecule has 6 heteroatoms. The minimum Gasteiger partial charge on any atom is -0.380 e. The maximum absolute atomic E-state index is 12.7. The first-order valence-corrected chi connectivity index (χ1v) is 11.7. The molecule has 3 amide bonds. The van der Waals surface area contributed by atoms with Crippen molar-refractivity contribution in [1.29, 1.82) is 0 Å². The summed E-state index contributed by atoms with van der Waals surface area (Å²) >= 11 is 0. The third kappa shape index (κ3) is 5.46. The molecular formula is C28H31N3O3. The van der Waals surface area contributed by atoms with Crippen LogP contribution in [0.4, 0.5) is 4.79 Å². The third-order valence-corrected chi connectivity index (χ3v) is 6.56. The van der Waals surface area contributed by atoms with E-state index in [1.807, 2.05) is 91.0 Å². The fourth-order valence-electron chi connectivity index (χ4n) is 4.68. The van der Waals surface area contributed by atoms with Gasteiger partial charge < -0.3 is 20.6 Å². The van der Waals surface area contributed by atoms with Gasteiger partial charge in [0, 0.05) is 19.6 Å². The van der Waals surface area contributed by atoms with Gasteiger partial charge in [-0.15, -0.1) is 0 Å². The average Bonchev–Trinajstić information content (AvgIpc) is 2.91. The molecule has 0 radical (unpaired) electrons. The minimum atomic E-state index is -1.12. The van der Waals surface area contributed by atoms with Gasteiger partial charge in [-0.1, -0.05) is 91.0 Å². The highest BCUT2D eigenvalue weighted by Gasteiger charge is 2.42. The van der Waals surface area contributed by atoms with E-state index in [4.69, 9.17) is 0 Å². The zero-order valence-corrected chi connectivity index (χ0v) is 19.2. The van der Waals surface area contributed by atoms with Crippen molar-refractivity contribution >= 4 is 11.9 Å². The van der Waals surface area contributed by atoms with Crippen LogP contribution in [0.25, 0.3) is 0 Å². The number of amides is 3. The molecule has 176 valence electrons. The highest BCUT2D eigenvalue weighted by Crippen LogP contribution is 2.41. The normalized spacial score (nSPS) is 14.4. The molecule has 1 heterocycles. The third-order valence-electron chi connectivity index (χ3n) is 6.56. The molecule has 3 aromatic carbocycles. The first kappa shape index (κ1) is 23.5. The summed E-state index contributed by atoms with van der Waals surface area (Å²) in [5.74, 6) is -0.139. The second kappa shape index (κ2) is 11.0. The highest BCUT2D eigenvalue weighted by molar-refractivity contribution is 5.84. The lowest BCUT2D eigenvalue weighted by Crippen LogP contribution is -2.49. The molecule has 4 rings (SSSR count). The Balaban J connectivity index is 1.32. The maximum Gasteiger partial charge on any atom is 0.315 e. The van der Waals surface area contributed by atoms with E-state index in [0.717, 1.165) is 16.7 Å². The van der Waals surface area contributed by atoms with Crippen LogP contribution in [0.5, 0.6) is 0 Å². The Kier molecular flexibility index (Phi) is 7.60. The van der Waals surface area contributed by atoms with Crippen LogP contribution in [0.15, 0.2) is 91.0 Å². The van der Waals surface area contributed by atoms with E-state index in [2.05, 4.69) is 10.6 Å². The van der Waals surface area contributed by atoms with Gasteiger partial charge in [0.15, 0.2) is 0 Å². The van der Waals surface area contributed by atoms with E-state index in [1.165, 1.54) is 0 Å². The number of hydrogen-bond donors (Lipinski definition) is 3. The first-order valence-electron chi connectivity index (χ1n) is 11.7. The molecule has 1 saturated heterocycles. The smallest absolute Gasteiger partial charge is 0.315 e. The molecular weight excluding hydrogens is 426 g/mol. The molecule has 3 aromatic rings. The monoisotopic (exact) mass is 457 g/mol. The topological polar surface area (TPSA) is 81.7 Å². The highest BCUT2D eigenvalue weighted by atomic mass is 16.3. The van der Waals surface area contributed by atoms with Gasteiger partial charge in [0.2, 0.25) is 5.91 Å². The molecule has 0 aliphatic carbocycles. The quantitative estimate of drug-likeness (QED) is 0.507. The summed E-state index contributed by atoms with van der Waals surface area (Å²) in [6, 6.07) is 28.7. The van der Waals surface area contributed by atoms with Crippen molar-refractivity contribution in [3.05, 3.63) is 108 Å². The van der Waals surface area contributed by atoms with Crippen molar-refractivity contribution in [3.63, 3.8) is 0 Å². The van der Waals surface area contributed by atoms with Crippen LogP contribution in [0.3, 0.4) is 0 Å². The minimum absolute atomic E-state index is 0.0246. The summed E-state index contributed by atoms with van der Waals surface area (Å²) in [7, 11) is 0. The van der Waals surface area contributed by atoms with E-state index in [9.17, 15) is 14.7 Å². The second-order valence-electron chi connectivity index (χ2n) is 8.68. The Morgan fingerprint density at radius 2 is 1.29 bits per heavy atom. The summed E-state index contributed by atoms with van der Waals surface area (Å²) in [5.41, 5.74) is 1.61. The van der Waals surface area contributed by atoms with Gasteiger partial charge in [-0.05, 0) is 35.4 Å². The molecule has 3 N–H and O–H groups in total. The van der Waals surface area contributed by atoms with Gasteiger partial charge in [-0.25, -0.2) is 4.79 Å². The molecule has 34 heavy (non-hydrogen) atoms. The van der Waals surface area contributed by atoms with Crippen LogP contribution < -0.4 is 10.6 Å². The van der Waals surface area contributed by atoms with Crippen LogP contribution >= 0.6 is 0 Å². The van der Waals surface area contributed by atoms with Gasteiger partial charge >= 0.3 is 6.03 Å². The lowest BCUT2D eigenvalue weighted by atomic mass is 9.72. The van der Waals surface area contributed by atoms with Crippen molar-refractivity contribution in [1.82, 2.24) is 15.5 Å². The largest absolute Gasteiger partial charge is 0.380 e. The standard InChI is InChI=1S/C28H31N3O3/c32-26(21-30-27(33)29-20-22-10-4-1-5-11-22)31-18-16-25(17-19-31)28(34,23-12-6-2-7-13-23)24-14-8-3-9-15-24/h1-15,25,34H,16-21H2,(H2,29,30,33). The molecule has 0 bridgehead atoms. The van der Waals surface area contributed by atoms with Crippen molar-refractivity contribution in [3.8, 4) is 0 Å². The summed E-state index contributed by atoms with van der Waals surface area (Å²) in [4.78, 5) is 26.5. The molecule has 6 nitrogen and oxygen atoms in total. The summed E-state index contributed by atoms with van der Waals surface area (Å²) in [6.07, 6.45) is 1.35. The van der Waals surface area contributed by atoms with Crippen LogP contribution in [-0.4, -0.2) is 41.6 Å². The molecule has 0 unspecified atom stereocenters. The Morgan fingerprint density at radius 1 is 0.794 bits per heavy atom. The molecule has 1 aliphatic heterocycles. The first-order chi connectivity index (χ1) is 16.6. The number of rotatable bonds is 7. The number of nitrogens with zero attached hydrogens (tertiary/aromatic N) is 1. The molecule has 0 aromatic heterocycles. The molecule has 0 atom stereocenters. The predicted octanol–water partition coefficient (Wildman–Crippen LogP) is 3.66. The number of benzene rings is 3.